The van der Waals surface area contributed by atoms with Crippen LogP contribution in [0.25, 0.3) is 0 Å². The Labute approximate surface area is 61.4 Å². The van der Waals surface area contributed by atoms with Gasteiger partial charge < -0.3 is 0 Å². The summed E-state index contributed by atoms with van der Waals surface area (Å²) in [6.07, 6.45) is -5.60. The van der Waals surface area contributed by atoms with Crippen LogP contribution >= 0.6 is 0 Å². The lowest BCUT2D eigenvalue weighted by atomic mass is 10.0. The number of hydrogen-bond acceptors (Lipinski definition) is 0. The SMILES string of the molecule is CCC(C)C(F)(F)C(F)(F)F. The van der Waals surface area contributed by atoms with Gasteiger partial charge in [0.2, 0.25) is 0 Å². The predicted molar refractivity (Wildman–Crippen MR) is 30.5 cm³/mol. The van der Waals surface area contributed by atoms with Gasteiger partial charge in [0.15, 0.2) is 0 Å². The molecule has 0 aliphatic heterocycles. The number of rotatable bonds is 2. The quantitative estimate of drug-likeness (QED) is 0.566. The Morgan fingerprint density at radius 2 is 1.45 bits per heavy atom. The van der Waals surface area contributed by atoms with Crippen molar-refractivity contribution in [2.24, 2.45) is 5.92 Å². The van der Waals surface area contributed by atoms with Gasteiger partial charge in [0, 0.05) is 5.92 Å². The van der Waals surface area contributed by atoms with Crippen LogP contribution < -0.4 is 0 Å². The van der Waals surface area contributed by atoms with E-state index in [1.807, 2.05) is 0 Å². The Morgan fingerprint density at radius 3 is 1.55 bits per heavy atom. The number of alkyl halides is 5. The molecule has 0 rings (SSSR count). The fourth-order valence-electron chi connectivity index (χ4n) is 0.536. The van der Waals surface area contributed by atoms with Crippen LogP contribution in [-0.2, 0) is 0 Å². The zero-order chi connectivity index (χ0) is 9.28. The predicted octanol–water partition coefficient (Wildman–Crippen LogP) is 3.23. The van der Waals surface area contributed by atoms with E-state index in [9.17, 15) is 22.0 Å². The molecule has 0 aliphatic carbocycles. The molecule has 0 bridgehead atoms. The highest BCUT2D eigenvalue weighted by molar-refractivity contribution is 4.80. The lowest BCUT2D eigenvalue weighted by Crippen LogP contribution is -2.41. The first-order valence-corrected chi connectivity index (χ1v) is 3.18. The van der Waals surface area contributed by atoms with Gasteiger partial charge in [-0.1, -0.05) is 13.8 Å². The summed E-state index contributed by atoms with van der Waals surface area (Å²) in [7, 11) is 0. The van der Waals surface area contributed by atoms with Crippen molar-refractivity contribution in [3.63, 3.8) is 0 Å². The molecule has 0 aliphatic rings. The molecule has 0 saturated heterocycles. The maximum absolute atomic E-state index is 12.2. The third-order valence-electron chi connectivity index (χ3n) is 1.61. The molecule has 1 unspecified atom stereocenters. The zero-order valence-corrected chi connectivity index (χ0v) is 6.17. The van der Waals surface area contributed by atoms with E-state index in [1.165, 1.54) is 6.92 Å². The van der Waals surface area contributed by atoms with Gasteiger partial charge in [0.25, 0.3) is 0 Å². The van der Waals surface area contributed by atoms with Gasteiger partial charge in [-0.3, -0.25) is 0 Å². The molecule has 0 aromatic carbocycles. The fourth-order valence-corrected chi connectivity index (χ4v) is 0.536. The van der Waals surface area contributed by atoms with Gasteiger partial charge in [-0.25, -0.2) is 0 Å². The highest BCUT2D eigenvalue weighted by Gasteiger charge is 2.59. The summed E-state index contributed by atoms with van der Waals surface area (Å²) >= 11 is 0. The second kappa shape index (κ2) is 2.95. The Bertz CT molecular complexity index is 125. The minimum atomic E-state index is -5.41. The van der Waals surface area contributed by atoms with Crippen molar-refractivity contribution < 1.29 is 22.0 Å². The maximum Gasteiger partial charge on any atom is 0.453 e. The Morgan fingerprint density at radius 1 is 1.09 bits per heavy atom. The third-order valence-corrected chi connectivity index (χ3v) is 1.61. The number of hydrogen-bond donors (Lipinski definition) is 0. The van der Waals surface area contributed by atoms with Crippen LogP contribution in [0.2, 0.25) is 0 Å². The van der Waals surface area contributed by atoms with E-state index in [0.717, 1.165) is 6.92 Å². The molecule has 11 heavy (non-hydrogen) atoms. The molecule has 0 aromatic rings. The van der Waals surface area contributed by atoms with Crippen LogP contribution in [0.3, 0.4) is 0 Å². The van der Waals surface area contributed by atoms with Crippen molar-refractivity contribution in [1.29, 1.82) is 0 Å². The van der Waals surface area contributed by atoms with Crippen LogP contribution in [0.15, 0.2) is 0 Å². The average Bonchev–Trinajstić information content (AvgIpc) is 1.83. The summed E-state index contributed by atoms with van der Waals surface area (Å²) < 4.78 is 59.0. The molecule has 68 valence electrons. The van der Waals surface area contributed by atoms with Gasteiger partial charge in [-0.15, -0.1) is 0 Å². The van der Waals surface area contributed by atoms with Crippen LogP contribution in [-0.4, -0.2) is 12.1 Å². The Hall–Kier alpha value is -0.350. The molecule has 5 heteroatoms. The first kappa shape index (κ1) is 10.7. The lowest BCUT2D eigenvalue weighted by molar-refractivity contribution is -0.300. The smallest absolute Gasteiger partial charge is 0.196 e. The highest BCUT2D eigenvalue weighted by Crippen LogP contribution is 2.42. The van der Waals surface area contributed by atoms with Crippen LogP contribution in [0.4, 0.5) is 22.0 Å². The molecule has 0 spiro atoms. The van der Waals surface area contributed by atoms with E-state index in [0.29, 0.717) is 0 Å². The molecule has 0 N–H and O–H groups in total. The molecule has 0 saturated carbocycles. The molecule has 1 atom stereocenters. The van der Waals surface area contributed by atoms with Crippen LogP contribution in [0.5, 0.6) is 0 Å². The Balaban J connectivity index is 4.45. The zero-order valence-electron chi connectivity index (χ0n) is 6.17. The first-order chi connectivity index (χ1) is 4.73. The molecule has 0 fully saturated rings. The average molecular weight is 176 g/mol. The monoisotopic (exact) mass is 176 g/mol. The molecular weight excluding hydrogens is 167 g/mol. The largest absolute Gasteiger partial charge is 0.453 e. The molecule has 0 nitrogen and oxygen atoms in total. The minimum Gasteiger partial charge on any atom is -0.196 e. The minimum absolute atomic E-state index is 0.188. The van der Waals surface area contributed by atoms with Crippen LogP contribution in [0, 0.1) is 5.92 Å². The van der Waals surface area contributed by atoms with Crippen molar-refractivity contribution in [1.82, 2.24) is 0 Å². The normalized spacial score (nSPS) is 16.6. The third kappa shape index (κ3) is 2.04. The van der Waals surface area contributed by atoms with E-state index in [2.05, 4.69) is 0 Å². The lowest BCUT2D eigenvalue weighted by Gasteiger charge is -2.24. The van der Waals surface area contributed by atoms with E-state index < -0.39 is 18.0 Å². The standard InChI is InChI=1S/C6H9F5/c1-3-4(2)5(7,8)6(9,10)11/h4H,3H2,1-2H3. The second-order valence-electron chi connectivity index (χ2n) is 2.43. The van der Waals surface area contributed by atoms with Gasteiger partial charge in [-0.05, 0) is 6.42 Å². The van der Waals surface area contributed by atoms with Crippen molar-refractivity contribution >= 4 is 0 Å². The Kier molecular flexibility index (Phi) is 2.85. The van der Waals surface area contributed by atoms with E-state index in [4.69, 9.17) is 0 Å². The highest BCUT2D eigenvalue weighted by atomic mass is 19.4. The topological polar surface area (TPSA) is 0 Å². The van der Waals surface area contributed by atoms with E-state index in [-0.39, 0.29) is 6.42 Å². The van der Waals surface area contributed by atoms with Gasteiger partial charge >= 0.3 is 12.1 Å². The molecular formula is C6H9F5. The summed E-state index contributed by atoms with van der Waals surface area (Å²) in [5.74, 6) is -6.20. The van der Waals surface area contributed by atoms with Crippen molar-refractivity contribution in [2.45, 2.75) is 32.4 Å². The molecule has 0 radical (unpaired) electrons. The molecule has 0 heterocycles. The van der Waals surface area contributed by atoms with E-state index >= 15 is 0 Å². The molecule has 0 aromatic heterocycles. The van der Waals surface area contributed by atoms with Crippen molar-refractivity contribution in [2.75, 3.05) is 0 Å². The van der Waals surface area contributed by atoms with Crippen molar-refractivity contribution in [3.05, 3.63) is 0 Å². The van der Waals surface area contributed by atoms with Gasteiger partial charge in [0.05, 0.1) is 0 Å². The summed E-state index contributed by atoms with van der Waals surface area (Å²) in [5.41, 5.74) is 0. The van der Waals surface area contributed by atoms with Gasteiger partial charge in [-0.2, -0.15) is 22.0 Å². The fraction of sp³-hybridized carbons (Fsp3) is 1.00. The summed E-state index contributed by atoms with van der Waals surface area (Å²) in [5, 5.41) is 0. The van der Waals surface area contributed by atoms with Crippen molar-refractivity contribution in [3.8, 4) is 0 Å². The summed E-state index contributed by atoms with van der Waals surface area (Å²) in [4.78, 5) is 0. The molecule has 0 amide bonds. The van der Waals surface area contributed by atoms with E-state index in [1.54, 1.807) is 0 Å². The summed E-state index contributed by atoms with van der Waals surface area (Å²) in [6, 6.07) is 0. The maximum atomic E-state index is 12.2. The van der Waals surface area contributed by atoms with Crippen LogP contribution in [0.1, 0.15) is 20.3 Å². The first-order valence-electron chi connectivity index (χ1n) is 3.18. The summed E-state index contributed by atoms with van der Waals surface area (Å²) in [6.45, 7) is 2.18. The second-order valence-corrected chi connectivity index (χ2v) is 2.43. The number of halogens is 5. The van der Waals surface area contributed by atoms with Gasteiger partial charge in [0.1, 0.15) is 0 Å².